The van der Waals surface area contributed by atoms with Crippen molar-refractivity contribution in [2.75, 3.05) is 26.2 Å². The molecule has 0 aromatic heterocycles. The van der Waals surface area contributed by atoms with E-state index in [-0.39, 0.29) is 6.04 Å². The molecule has 4 nitrogen and oxygen atoms in total. The van der Waals surface area contributed by atoms with Gasteiger partial charge in [0.25, 0.3) is 0 Å². The first-order valence-corrected chi connectivity index (χ1v) is 7.86. The minimum atomic E-state index is -0.0213. The Hall–Kier alpha value is -0.610. The fourth-order valence-electron chi connectivity index (χ4n) is 3.34. The number of nitrogens with zero attached hydrogens (tertiary/aromatic N) is 1. The molecule has 4 heteroatoms. The molecular weight excluding hydrogens is 238 g/mol. The number of rotatable bonds is 3. The van der Waals surface area contributed by atoms with Crippen LogP contribution in [-0.2, 0) is 4.79 Å². The maximum Gasteiger partial charge on any atom is 0.241 e. The number of piperidine rings is 1. The Morgan fingerprint density at radius 2 is 1.79 bits per heavy atom. The molecule has 1 amide bonds. The highest BCUT2D eigenvalue weighted by molar-refractivity contribution is 5.82. The summed E-state index contributed by atoms with van der Waals surface area (Å²) in [4.78, 5) is 14.5. The summed E-state index contributed by atoms with van der Waals surface area (Å²) in [7, 11) is 0. The van der Waals surface area contributed by atoms with E-state index in [1.807, 2.05) is 0 Å². The average molecular weight is 267 g/mol. The number of amides is 1. The Bertz CT molecular complexity index is 297. The van der Waals surface area contributed by atoms with Crippen LogP contribution < -0.4 is 10.6 Å². The zero-order chi connectivity index (χ0) is 13.9. The number of carbonyl (C=O) groups is 1. The summed E-state index contributed by atoms with van der Waals surface area (Å²) < 4.78 is 0. The highest BCUT2D eigenvalue weighted by Crippen LogP contribution is 2.37. The number of hydrogen-bond donors (Lipinski definition) is 2. The standard InChI is InChI=1S/C15H29N3O/c1-4-15(5-2)6-8-18(9-7-15)14(19)13-11-16-12(3)10-17-13/h12-13,16-17H,4-11H2,1-3H3. The van der Waals surface area contributed by atoms with Gasteiger partial charge in [0.1, 0.15) is 0 Å². The SMILES string of the molecule is CCC1(CC)CCN(C(=O)C2CNC(C)CN2)CC1. The van der Waals surface area contributed by atoms with Crippen LogP contribution >= 0.6 is 0 Å². The minimum Gasteiger partial charge on any atom is -0.341 e. The summed E-state index contributed by atoms with van der Waals surface area (Å²) in [5.74, 6) is 0.292. The van der Waals surface area contributed by atoms with Crippen molar-refractivity contribution in [2.45, 2.75) is 58.5 Å². The van der Waals surface area contributed by atoms with Crippen LogP contribution in [0.15, 0.2) is 0 Å². The summed E-state index contributed by atoms with van der Waals surface area (Å²) in [6, 6.07) is 0.449. The summed E-state index contributed by atoms with van der Waals surface area (Å²) in [6.07, 6.45) is 4.82. The second kappa shape index (κ2) is 6.23. The maximum atomic E-state index is 12.5. The lowest BCUT2D eigenvalue weighted by Gasteiger charge is -2.42. The van der Waals surface area contributed by atoms with E-state index in [2.05, 4.69) is 36.3 Å². The van der Waals surface area contributed by atoms with Crippen LogP contribution in [0.2, 0.25) is 0 Å². The van der Waals surface area contributed by atoms with Crippen LogP contribution in [0.5, 0.6) is 0 Å². The van der Waals surface area contributed by atoms with Crippen LogP contribution in [0.25, 0.3) is 0 Å². The van der Waals surface area contributed by atoms with Crippen molar-refractivity contribution in [3.63, 3.8) is 0 Å². The zero-order valence-corrected chi connectivity index (χ0v) is 12.7. The summed E-state index contributed by atoms with van der Waals surface area (Å²) >= 11 is 0. The third-order valence-electron chi connectivity index (χ3n) is 5.27. The summed E-state index contributed by atoms with van der Waals surface area (Å²) in [5.41, 5.74) is 0.490. The van der Waals surface area contributed by atoms with E-state index in [1.165, 1.54) is 25.7 Å². The van der Waals surface area contributed by atoms with Gasteiger partial charge in [-0.25, -0.2) is 0 Å². The van der Waals surface area contributed by atoms with Gasteiger partial charge in [-0.3, -0.25) is 4.79 Å². The third-order valence-corrected chi connectivity index (χ3v) is 5.27. The van der Waals surface area contributed by atoms with Crippen LogP contribution in [0.1, 0.15) is 46.5 Å². The van der Waals surface area contributed by atoms with Gasteiger partial charge in [0.15, 0.2) is 0 Å². The smallest absolute Gasteiger partial charge is 0.241 e. The molecule has 0 aromatic rings. The van der Waals surface area contributed by atoms with Crippen molar-refractivity contribution in [1.82, 2.24) is 15.5 Å². The van der Waals surface area contributed by atoms with E-state index in [0.717, 1.165) is 26.2 Å². The van der Waals surface area contributed by atoms with E-state index >= 15 is 0 Å². The van der Waals surface area contributed by atoms with Crippen LogP contribution in [-0.4, -0.2) is 49.1 Å². The van der Waals surface area contributed by atoms with E-state index in [1.54, 1.807) is 0 Å². The number of hydrogen-bond acceptors (Lipinski definition) is 3. The third kappa shape index (κ3) is 3.29. The molecule has 0 radical (unpaired) electrons. The second-order valence-corrected chi connectivity index (χ2v) is 6.30. The summed E-state index contributed by atoms with van der Waals surface area (Å²) in [6.45, 7) is 10.2. The van der Waals surface area contributed by atoms with E-state index in [9.17, 15) is 4.79 Å². The van der Waals surface area contributed by atoms with Crippen LogP contribution in [0.3, 0.4) is 0 Å². The number of piperazine rings is 1. The Kier molecular flexibility index (Phi) is 4.85. The van der Waals surface area contributed by atoms with Gasteiger partial charge in [-0.1, -0.05) is 26.7 Å². The molecule has 19 heavy (non-hydrogen) atoms. The molecule has 2 saturated heterocycles. The van der Waals surface area contributed by atoms with Gasteiger partial charge in [-0.2, -0.15) is 0 Å². The Morgan fingerprint density at radius 1 is 1.16 bits per heavy atom. The van der Waals surface area contributed by atoms with E-state index < -0.39 is 0 Å². The van der Waals surface area contributed by atoms with Crippen LogP contribution in [0.4, 0.5) is 0 Å². The van der Waals surface area contributed by atoms with Gasteiger partial charge in [-0.15, -0.1) is 0 Å². The van der Waals surface area contributed by atoms with Gasteiger partial charge in [0, 0.05) is 32.2 Å². The molecule has 0 spiro atoms. The minimum absolute atomic E-state index is 0.0213. The molecule has 0 saturated carbocycles. The predicted octanol–water partition coefficient (Wildman–Crippen LogP) is 1.37. The molecule has 2 aliphatic rings. The quantitative estimate of drug-likeness (QED) is 0.811. The van der Waals surface area contributed by atoms with Crippen molar-refractivity contribution in [2.24, 2.45) is 5.41 Å². The van der Waals surface area contributed by atoms with Crippen molar-refractivity contribution < 1.29 is 4.79 Å². The molecule has 2 aliphatic heterocycles. The molecule has 2 atom stereocenters. The molecular formula is C15H29N3O. The zero-order valence-electron chi connectivity index (χ0n) is 12.7. The molecule has 0 aliphatic carbocycles. The average Bonchev–Trinajstić information content (AvgIpc) is 2.47. The summed E-state index contributed by atoms with van der Waals surface area (Å²) in [5, 5.41) is 6.74. The van der Waals surface area contributed by atoms with Crippen molar-refractivity contribution in [1.29, 1.82) is 0 Å². The first-order valence-electron chi connectivity index (χ1n) is 7.86. The Morgan fingerprint density at radius 3 is 2.26 bits per heavy atom. The van der Waals surface area contributed by atoms with Gasteiger partial charge < -0.3 is 15.5 Å². The topological polar surface area (TPSA) is 44.4 Å². The van der Waals surface area contributed by atoms with Gasteiger partial charge in [0.2, 0.25) is 5.91 Å². The van der Waals surface area contributed by atoms with E-state index in [0.29, 0.717) is 17.4 Å². The molecule has 110 valence electrons. The molecule has 2 N–H and O–H groups in total. The predicted molar refractivity (Wildman–Crippen MR) is 78.1 cm³/mol. The molecule has 2 heterocycles. The number of nitrogens with one attached hydrogen (secondary N) is 2. The van der Waals surface area contributed by atoms with Gasteiger partial charge in [-0.05, 0) is 25.2 Å². The lowest BCUT2D eigenvalue weighted by molar-refractivity contribution is -0.136. The molecule has 2 fully saturated rings. The highest BCUT2D eigenvalue weighted by atomic mass is 16.2. The fourth-order valence-corrected chi connectivity index (χ4v) is 3.34. The largest absolute Gasteiger partial charge is 0.341 e. The molecule has 0 bridgehead atoms. The van der Waals surface area contributed by atoms with Crippen molar-refractivity contribution in [3.05, 3.63) is 0 Å². The molecule has 2 rings (SSSR count). The fraction of sp³-hybridized carbons (Fsp3) is 0.933. The van der Waals surface area contributed by atoms with Gasteiger partial charge in [0.05, 0.1) is 6.04 Å². The van der Waals surface area contributed by atoms with Crippen molar-refractivity contribution in [3.8, 4) is 0 Å². The van der Waals surface area contributed by atoms with Crippen LogP contribution in [0, 0.1) is 5.41 Å². The second-order valence-electron chi connectivity index (χ2n) is 6.30. The van der Waals surface area contributed by atoms with Gasteiger partial charge >= 0.3 is 0 Å². The first-order chi connectivity index (χ1) is 9.10. The Labute approximate surface area is 117 Å². The lowest BCUT2D eigenvalue weighted by Crippen LogP contribution is -2.60. The number of carbonyl (C=O) groups excluding carboxylic acids is 1. The molecule has 2 unspecified atom stereocenters. The Balaban J connectivity index is 1.85. The monoisotopic (exact) mass is 267 g/mol. The maximum absolute atomic E-state index is 12.5. The highest BCUT2D eigenvalue weighted by Gasteiger charge is 2.35. The normalized spacial score (nSPS) is 31.2. The molecule has 0 aromatic carbocycles. The number of likely N-dealkylation sites (tertiary alicyclic amines) is 1. The van der Waals surface area contributed by atoms with Crippen molar-refractivity contribution >= 4 is 5.91 Å². The van der Waals surface area contributed by atoms with E-state index in [4.69, 9.17) is 0 Å². The first kappa shape index (κ1) is 14.8. The lowest BCUT2D eigenvalue weighted by atomic mass is 9.74.